The molecule has 0 unspecified atom stereocenters. The SMILES string of the molecule is NCC1(C(=O)Cc2ccccc2Br)CCCCCC1. The van der Waals surface area contributed by atoms with E-state index in [9.17, 15) is 4.79 Å². The Morgan fingerprint density at radius 2 is 1.79 bits per heavy atom. The van der Waals surface area contributed by atoms with Crippen LogP contribution in [0, 0.1) is 5.41 Å². The van der Waals surface area contributed by atoms with Gasteiger partial charge >= 0.3 is 0 Å². The first-order valence-corrected chi connectivity index (χ1v) is 7.94. The van der Waals surface area contributed by atoms with Crippen molar-refractivity contribution in [1.82, 2.24) is 0 Å². The van der Waals surface area contributed by atoms with E-state index in [-0.39, 0.29) is 5.41 Å². The molecule has 1 aromatic carbocycles. The Morgan fingerprint density at radius 3 is 2.37 bits per heavy atom. The molecule has 0 bridgehead atoms. The predicted molar refractivity (Wildman–Crippen MR) is 82.0 cm³/mol. The van der Waals surface area contributed by atoms with Crippen molar-refractivity contribution in [2.24, 2.45) is 11.1 Å². The lowest BCUT2D eigenvalue weighted by molar-refractivity contribution is -0.128. The quantitative estimate of drug-likeness (QED) is 0.855. The molecular formula is C16H22BrNO. The van der Waals surface area contributed by atoms with Crippen LogP contribution in [0.5, 0.6) is 0 Å². The highest BCUT2D eigenvalue weighted by molar-refractivity contribution is 9.10. The Bertz CT molecular complexity index is 436. The molecule has 0 aromatic heterocycles. The number of hydrogen-bond acceptors (Lipinski definition) is 2. The molecule has 2 N–H and O–H groups in total. The number of Topliss-reactive ketones (excluding diaryl/α,β-unsaturated/α-hetero) is 1. The van der Waals surface area contributed by atoms with Gasteiger partial charge in [-0.2, -0.15) is 0 Å². The molecule has 0 atom stereocenters. The van der Waals surface area contributed by atoms with E-state index < -0.39 is 0 Å². The lowest BCUT2D eigenvalue weighted by Crippen LogP contribution is -2.39. The average Bonchev–Trinajstić information content (AvgIpc) is 2.67. The van der Waals surface area contributed by atoms with Crippen LogP contribution in [0.1, 0.15) is 44.1 Å². The Balaban J connectivity index is 2.14. The zero-order chi connectivity index (χ0) is 13.7. The Hall–Kier alpha value is -0.670. The minimum Gasteiger partial charge on any atom is -0.329 e. The summed E-state index contributed by atoms with van der Waals surface area (Å²) in [6, 6.07) is 7.96. The van der Waals surface area contributed by atoms with Gasteiger partial charge in [0.25, 0.3) is 0 Å². The summed E-state index contributed by atoms with van der Waals surface area (Å²) in [5.41, 5.74) is 6.77. The van der Waals surface area contributed by atoms with Crippen LogP contribution in [0.4, 0.5) is 0 Å². The maximum absolute atomic E-state index is 12.7. The van der Waals surface area contributed by atoms with Crippen LogP contribution in [0.25, 0.3) is 0 Å². The molecule has 19 heavy (non-hydrogen) atoms. The third kappa shape index (κ3) is 3.46. The second kappa shape index (κ2) is 6.67. The molecule has 0 spiro atoms. The third-order valence-corrected chi connectivity index (χ3v) is 5.13. The van der Waals surface area contributed by atoms with E-state index in [1.165, 1.54) is 12.8 Å². The van der Waals surface area contributed by atoms with E-state index >= 15 is 0 Å². The first-order valence-electron chi connectivity index (χ1n) is 7.15. The third-order valence-electron chi connectivity index (χ3n) is 4.35. The highest BCUT2D eigenvalue weighted by Gasteiger charge is 2.36. The second-order valence-electron chi connectivity index (χ2n) is 5.59. The van der Waals surface area contributed by atoms with Crippen molar-refractivity contribution >= 4 is 21.7 Å². The van der Waals surface area contributed by atoms with E-state index in [4.69, 9.17) is 5.73 Å². The van der Waals surface area contributed by atoms with Crippen molar-refractivity contribution in [2.45, 2.75) is 44.9 Å². The van der Waals surface area contributed by atoms with Gasteiger partial charge in [0.15, 0.2) is 0 Å². The van der Waals surface area contributed by atoms with E-state index in [1.807, 2.05) is 24.3 Å². The van der Waals surface area contributed by atoms with E-state index in [2.05, 4.69) is 15.9 Å². The zero-order valence-corrected chi connectivity index (χ0v) is 12.9. The molecule has 1 aliphatic rings. The van der Waals surface area contributed by atoms with Gasteiger partial charge in [-0.15, -0.1) is 0 Å². The predicted octanol–water partition coefficient (Wildman–Crippen LogP) is 3.86. The summed E-state index contributed by atoms with van der Waals surface area (Å²) in [5.74, 6) is 0.323. The number of rotatable bonds is 4. The average molecular weight is 324 g/mol. The number of carbonyl (C=O) groups is 1. The van der Waals surface area contributed by atoms with Gasteiger partial charge < -0.3 is 5.73 Å². The van der Waals surface area contributed by atoms with Gasteiger partial charge in [-0.3, -0.25) is 4.79 Å². The molecule has 0 radical (unpaired) electrons. The minimum atomic E-state index is -0.272. The fourth-order valence-corrected chi connectivity index (χ4v) is 3.43. The summed E-state index contributed by atoms with van der Waals surface area (Å²) in [5, 5.41) is 0. The van der Waals surface area contributed by atoms with Gasteiger partial charge in [-0.1, -0.05) is 59.8 Å². The molecule has 0 heterocycles. The molecule has 2 nitrogen and oxygen atoms in total. The summed E-state index contributed by atoms with van der Waals surface area (Å²) >= 11 is 3.52. The van der Waals surface area contributed by atoms with Crippen molar-refractivity contribution in [3.63, 3.8) is 0 Å². The Labute approximate surface area is 123 Å². The van der Waals surface area contributed by atoms with Gasteiger partial charge in [0.1, 0.15) is 5.78 Å². The molecule has 1 aliphatic carbocycles. The molecule has 0 aliphatic heterocycles. The minimum absolute atomic E-state index is 0.272. The number of nitrogens with two attached hydrogens (primary N) is 1. The molecule has 0 saturated heterocycles. The first kappa shape index (κ1) is 14.7. The monoisotopic (exact) mass is 323 g/mol. The van der Waals surface area contributed by atoms with Crippen LogP contribution >= 0.6 is 15.9 Å². The number of hydrogen-bond donors (Lipinski definition) is 1. The van der Waals surface area contributed by atoms with Crippen LogP contribution in [-0.2, 0) is 11.2 Å². The molecule has 2 rings (SSSR count). The number of benzene rings is 1. The van der Waals surface area contributed by atoms with Gasteiger partial charge in [0, 0.05) is 22.9 Å². The number of halogens is 1. The molecule has 1 aromatic rings. The van der Waals surface area contributed by atoms with Crippen LogP contribution < -0.4 is 5.73 Å². The first-order chi connectivity index (χ1) is 9.18. The zero-order valence-electron chi connectivity index (χ0n) is 11.3. The van der Waals surface area contributed by atoms with E-state index in [0.717, 1.165) is 35.7 Å². The maximum atomic E-state index is 12.7. The fraction of sp³-hybridized carbons (Fsp3) is 0.562. The molecule has 104 valence electrons. The lowest BCUT2D eigenvalue weighted by atomic mass is 9.75. The van der Waals surface area contributed by atoms with Crippen LogP contribution in [-0.4, -0.2) is 12.3 Å². The van der Waals surface area contributed by atoms with Crippen molar-refractivity contribution in [3.8, 4) is 0 Å². The van der Waals surface area contributed by atoms with Gasteiger partial charge in [0.2, 0.25) is 0 Å². The maximum Gasteiger partial charge on any atom is 0.144 e. The molecule has 3 heteroatoms. The molecule has 0 amide bonds. The smallest absolute Gasteiger partial charge is 0.144 e. The molecule has 1 fully saturated rings. The molecular weight excluding hydrogens is 302 g/mol. The second-order valence-corrected chi connectivity index (χ2v) is 6.44. The Kier molecular flexibility index (Phi) is 5.17. The number of carbonyl (C=O) groups excluding carboxylic acids is 1. The van der Waals surface area contributed by atoms with Gasteiger partial charge in [-0.25, -0.2) is 0 Å². The standard InChI is InChI=1S/C16H22BrNO/c17-14-8-4-3-7-13(14)11-15(19)16(12-18)9-5-1-2-6-10-16/h3-4,7-8H,1-2,5-6,9-12,18H2. The largest absolute Gasteiger partial charge is 0.329 e. The summed E-state index contributed by atoms with van der Waals surface area (Å²) < 4.78 is 1.02. The highest BCUT2D eigenvalue weighted by atomic mass is 79.9. The topological polar surface area (TPSA) is 43.1 Å². The lowest BCUT2D eigenvalue weighted by Gasteiger charge is -2.30. The normalized spacial score (nSPS) is 18.8. The summed E-state index contributed by atoms with van der Waals surface area (Å²) in [7, 11) is 0. The van der Waals surface area contributed by atoms with E-state index in [1.54, 1.807) is 0 Å². The summed E-state index contributed by atoms with van der Waals surface area (Å²) in [4.78, 5) is 12.7. The molecule has 1 saturated carbocycles. The van der Waals surface area contributed by atoms with E-state index in [0.29, 0.717) is 18.7 Å². The summed E-state index contributed by atoms with van der Waals surface area (Å²) in [6.45, 7) is 0.496. The Morgan fingerprint density at radius 1 is 1.16 bits per heavy atom. The van der Waals surface area contributed by atoms with Gasteiger partial charge in [-0.05, 0) is 24.5 Å². The van der Waals surface area contributed by atoms with Crippen molar-refractivity contribution in [1.29, 1.82) is 0 Å². The van der Waals surface area contributed by atoms with Crippen LogP contribution in [0.3, 0.4) is 0 Å². The van der Waals surface area contributed by atoms with Crippen LogP contribution in [0.15, 0.2) is 28.7 Å². The fourth-order valence-electron chi connectivity index (χ4n) is 3.00. The number of ketones is 1. The van der Waals surface area contributed by atoms with Crippen molar-refractivity contribution in [2.75, 3.05) is 6.54 Å². The van der Waals surface area contributed by atoms with Crippen molar-refractivity contribution in [3.05, 3.63) is 34.3 Å². The highest BCUT2D eigenvalue weighted by Crippen LogP contribution is 2.36. The summed E-state index contributed by atoms with van der Waals surface area (Å²) in [6.07, 6.45) is 7.18. The van der Waals surface area contributed by atoms with Crippen molar-refractivity contribution < 1.29 is 4.79 Å². The van der Waals surface area contributed by atoms with Gasteiger partial charge in [0.05, 0.1) is 0 Å². The van der Waals surface area contributed by atoms with Crippen LogP contribution in [0.2, 0.25) is 0 Å².